The lowest BCUT2D eigenvalue weighted by Crippen LogP contribution is -2.19. The molecule has 0 spiro atoms. The summed E-state index contributed by atoms with van der Waals surface area (Å²) in [7, 11) is -4.17. The molecule has 0 amide bonds. The fourth-order valence-electron chi connectivity index (χ4n) is 3.51. The van der Waals surface area contributed by atoms with Crippen LogP contribution in [0.25, 0.3) is 0 Å². The summed E-state index contributed by atoms with van der Waals surface area (Å²) in [5.41, 5.74) is 2.04. The van der Waals surface area contributed by atoms with Crippen molar-refractivity contribution < 1.29 is 22.9 Å². The van der Waals surface area contributed by atoms with E-state index in [0.29, 0.717) is 15.9 Å². The van der Waals surface area contributed by atoms with E-state index in [2.05, 4.69) is 0 Å². The summed E-state index contributed by atoms with van der Waals surface area (Å²) in [6, 6.07) is 6.16. The number of aromatic nitrogens is 1. The quantitative estimate of drug-likeness (QED) is 0.833. The molecule has 0 saturated carbocycles. The number of fused-ring (bicyclic) bond motifs is 1. The van der Waals surface area contributed by atoms with Gasteiger partial charge in [0.05, 0.1) is 0 Å². The van der Waals surface area contributed by atoms with E-state index >= 15 is 0 Å². The van der Waals surface area contributed by atoms with Crippen LogP contribution in [-0.4, -0.2) is 23.4 Å². The van der Waals surface area contributed by atoms with Gasteiger partial charge in [0.15, 0.2) is 0 Å². The molecule has 5 rings (SSSR count). The van der Waals surface area contributed by atoms with E-state index in [1.807, 2.05) is 19.1 Å². The van der Waals surface area contributed by atoms with Gasteiger partial charge in [-0.25, -0.2) is 0 Å². The van der Waals surface area contributed by atoms with Gasteiger partial charge in [-0.3, -0.25) is 4.28 Å². The molecule has 1 aromatic carbocycles. The molecular weight excluding hydrogens is 330 g/mol. The molecule has 2 bridgehead atoms. The average molecular weight is 347 g/mol. The molecule has 0 saturated heterocycles. The van der Waals surface area contributed by atoms with Gasteiger partial charge in [0.25, 0.3) is 0 Å². The largest absolute Gasteiger partial charge is 0.492 e. The van der Waals surface area contributed by atoms with Crippen LogP contribution in [0.15, 0.2) is 41.3 Å². The molecule has 0 radical (unpaired) electrons. The Morgan fingerprint density at radius 1 is 1.00 bits per heavy atom. The van der Waals surface area contributed by atoms with E-state index in [0.717, 1.165) is 18.4 Å². The maximum Gasteiger partial charge on any atom is 0.357 e. The van der Waals surface area contributed by atoms with Gasteiger partial charge in [-0.2, -0.15) is 8.42 Å². The highest BCUT2D eigenvalue weighted by Crippen LogP contribution is 2.53. The Bertz CT molecular complexity index is 903. The van der Waals surface area contributed by atoms with Crippen molar-refractivity contribution in [2.45, 2.75) is 36.5 Å². The summed E-state index contributed by atoms with van der Waals surface area (Å²) in [5.74, 6) is -0.750. The van der Waals surface area contributed by atoms with Crippen molar-refractivity contribution in [2.75, 3.05) is 0 Å². The zero-order chi connectivity index (χ0) is 17.1. The summed E-state index contributed by atoms with van der Waals surface area (Å²) >= 11 is 0. The maximum atomic E-state index is 12.4. The summed E-state index contributed by atoms with van der Waals surface area (Å²) in [6.45, 7) is 1.84. The number of aryl methyl sites for hydroxylation is 1. The van der Waals surface area contributed by atoms with Crippen LogP contribution in [0.1, 0.15) is 41.4 Å². The van der Waals surface area contributed by atoms with E-state index in [1.165, 1.54) is 12.1 Å². The van der Waals surface area contributed by atoms with E-state index in [1.54, 1.807) is 12.1 Å². The van der Waals surface area contributed by atoms with Gasteiger partial charge in [-0.1, -0.05) is 34.6 Å². The zero-order valence-corrected chi connectivity index (χ0v) is 13.8. The van der Waals surface area contributed by atoms with Crippen LogP contribution in [0.4, 0.5) is 0 Å². The number of rotatable bonds is 3. The first-order valence-electron chi connectivity index (χ1n) is 7.75. The molecule has 1 heterocycles. The third kappa shape index (κ3) is 2.11. The minimum Gasteiger partial charge on any atom is -0.492 e. The Hall–Kier alpha value is -2.41. The fraction of sp³-hybridized carbons (Fsp3) is 0.294. The summed E-state index contributed by atoms with van der Waals surface area (Å²) in [6.07, 6.45) is 5.68. The molecule has 3 aliphatic carbocycles. The van der Waals surface area contributed by atoms with Gasteiger partial charge >= 0.3 is 10.1 Å². The van der Waals surface area contributed by atoms with Gasteiger partial charge in [0, 0.05) is 23.0 Å². The summed E-state index contributed by atoms with van der Waals surface area (Å²) in [4.78, 5) is -0.0420. The molecule has 6 nitrogen and oxygen atoms in total. The molecule has 24 heavy (non-hydrogen) atoms. The Morgan fingerprint density at radius 2 is 1.50 bits per heavy atom. The van der Waals surface area contributed by atoms with Crippen molar-refractivity contribution in [3.63, 3.8) is 0 Å². The number of hydrogen-bond acceptors (Lipinski definition) is 5. The van der Waals surface area contributed by atoms with Gasteiger partial charge in [0.2, 0.25) is 11.8 Å². The first-order valence-corrected chi connectivity index (χ1v) is 9.15. The number of nitrogens with zero attached hydrogens (tertiary/aromatic N) is 1. The van der Waals surface area contributed by atoms with Crippen LogP contribution in [0.5, 0.6) is 11.8 Å². The second kappa shape index (κ2) is 5.04. The zero-order valence-electron chi connectivity index (χ0n) is 13.0. The Morgan fingerprint density at radius 3 is 1.96 bits per heavy atom. The molecule has 7 heteroatoms. The Balaban J connectivity index is 1.76. The van der Waals surface area contributed by atoms with Gasteiger partial charge < -0.3 is 10.2 Å². The number of aromatic hydroxyl groups is 2. The molecule has 2 aromatic rings. The van der Waals surface area contributed by atoms with Gasteiger partial charge in [0.1, 0.15) is 4.90 Å². The topological polar surface area (TPSA) is 88.8 Å². The number of benzene rings is 1. The smallest absolute Gasteiger partial charge is 0.357 e. The van der Waals surface area contributed by atoms with Crippen LogP contribution in [-0.2, 0) is 10.1 Å². The van der Waals surface area contributed by atoms with Crippen molar-refractivity contribution in [1.82, 2.24) is 4.73 Å². The van der Waals surface area contributed by atoms with Crippen LogP contribution >= 0.6 is 0 Å². The SMILES string of the molecule is Cc1ccc(S(=O)(=O)On2c(O)c3c(c2O)C2C=CC3CC2)cc1. The van der Waals surface area contributed by atoms with E-state index in [-0.39, 0.29) is 28.5 Å². The monoisotopic (exact) mass is 347 g/mol. The van der Waals surface area contributed by atoms with Gasteiger partial charge in [-0.05, 0) is 31.9 Å². The molecular formula is C17H17NO5S. The minimum atomic E-state index is -4.17. The standard InChI is InChI=1S/C17H17NO5S/c1-10-2-8-13(9-3-10)24(21,22)23-18-16(19)14-11-4-5-12(7-6-11)15(14)17(18)20/h2-5,8-9,11-12,19-20H,6-7H2,1H3. The number of hydrogen-bond donors (Lipinski definition) is 2. The molecule has 3 aliphatic rings. The predicted octanol–water partition coefficient (Wildman–Crippen LogP) is 2.56. The molecule has 0 aliphatic heterocycles. The van der Waals surface area contributed by atoms with E-state index in [9.17, 15) is 18.6 Å². The Labute approximate surface area is 139 Å². The third-order valence-corrected chi connectivity index (χ3v) is 5.94. The van der Waals surface area contributed by atoms with Gasteiger partial charge in [-0.15, -0.1) is 0 Å². The second-order valence-electron chi connectivity index (χ2n) is 6.29. The lowest BCUT2D eigenvalue weighted by Gasteiger charge is -2.30. The maximum absolute atomic E-state index is 12.4. The molecule has 0 fully saturated rings. The van der Waals surface area contributed by atoms with E-state index in [4.69, 9.17) is 4.28 Å². The fourth-order valence-corrected chi connectivity index (χ4v) is 4.40. The molecule has 2 unspecified atom stereocenters. The van der Waals surface area contributed by atoms with Crippen LogP contribution in [0.2, 0.25) is 0 Å². The number of allylic oxidation sites excluding steroid dienone is 2. The highest BCUT2D eigenvalue weighted by atomic mass is 32.2. The lowest BCUT2D eigenvalue weighted by molar-refractivity contribution is 0.201. The predicted molar refractivity (Wildman–Crippen MR) is 86.6 cm³/mol. The third-order valence-electron chi connectivity index (χ3n) is 4.75. The van der Waals surface area contributed by atoms with Crippen molar-refractivity contribution >= 4 is 10.1 Å². The first kappa shape index (κ1) is 15.1. The van der Waals surface area contributed by atoms with Crippen molar-refractivity contribution in [1.29, 1.82) is 0 Å². The Kier molecular flexibility index (Phi) is 3.18. The van der Waals surface area contributed by atoms with Crippen molar-refractivity contribution in [2.24, 2.45) is 0 Å². The van der Waals surface area contributed by atoms with Crippen LogP contribution in [0.3, 0.4) is 0 Å². The van der Waals surface area contributed by atoms with E-state index < -0.39 is 10.1 Å². The molecule has 2 atom stereocenters. The highest BCUT2D eigenvalue weighted by molar-refractivity contribution is 7.87. The lowest BCUT2D eigenvalue weighted by atomic mass is 9.73. The minimum absolute atomic E-state index is 0.0252. The summed E-state index contributed by atoms with van der Waals surface area (Å²) < 4.78 is 30.5. The van der Waals surface area contributed by atoms with Crippen LogP contribution in [0, 0.1) is 6.92 Å². The molecule has 126 valence electrons. The first-order chi connectivity index (χ1) is 11.4. The second-order valence-corrected chi connectivity index (χ2v) is 7.81. The normalized spacial score (nSPS) is 21.7. The van der Waals surface area contributed by atoms with Crippen molar-refractivity contribution in [3.05, 3.63) is 53.1 Å². The summed E-state index contributed by atoms with van der Waals surface area (Å²) in [5, 5.41) is 20.8. The average Bonchev–Trinajstić information content (AvgIpc) is 2.83. The molecule has 1 aromatic heterocycles. The highest BCUT2D eigenvalue weighted by Gasteiger charge is 2.39. The van der Waals surface area contributed by atoms with Crippen LogP contribution < -0.4 is 4.28 Å². The van der Waals surface area contributed by atoms with Crippen molar-refractivity contribution in [3.8, 4) is 11.8 Å². The molecule has 2 N–H and O–H groups in total.